The molecule has 0 aliphatic rings. The fourth-order valence-electron chi connectivity index (χ4n) is 1.50. The quantitative estimate of drug-likeness (QED) is 0.854. The number of halogens is 1. The molecule has 0 aliphatic heterocycles. The first-order chi connectivity index (χ1) is 7.54. The second-order valence-corrected chi connectivity index (χ2v) is 4.57. The van der Waals surface area contributed by atoms with Crippen LogP contribution in [0.5, 0.6) is 0 Å². The number of likely N-dealkylation sites (N-methyl/N-ethyl adjacent to an activating group) is 2. The molecular weight excluding hydrogens is 222 g/mol. The molecule has 0 bridgehead atoms. The van der Waals surface area contributed by atoms with Gasteiger partial charge in [-0.15, -0.1) is 0 Å². The first-order valence-corrected chi connectivity index (χ1v) is 5.75. The highest BCUT2D eigenvalue weighted by molar-refractivity contribution is 6.31. The molecular formula is C12H20ClN3. The van der Waals surface area contributed by atoms with Crippen LogP contribution in [0, 0.1) is 0 Å². The predicted molar refractivity (Wildman–Crippen MR) is 72.8 cm³/mol. The van der Waals surface area contributed by atoms with Crippen molar-refractivity contribution in [3.05, 3.63) is 23.2 Å². The van der Waals surface area contributed by atoms with Gasteiger partial charge in [0.15, 0.2) is 0 Å². The van der Waals surface area contributed by atoms with E-state index in [1.165, 1.54) is 0 Å². The predicted octanol–water partition coefficient (Wildman–Crippen LogP) is 2.38. The van der Waals surface area contributed by atoms with E-state index < -0.39 is 0 Å². The van der Waals surface area contributed by atoms with Crippen LogP contribution < -0.4 is 10.2 Å². The molecule has 16 heavy (non-hydrogen) atoms. The van der Waals surface area contributed by atoms with Crippen LogP contribution in [0.25, 0.3) is 0 Å². The Bertz CT molecular complexity index is 339. The molecule has 0 aromatic heterocycles. The summed E-state index contributed by atoms with van der Waals surface area (Å²) in [6.45, 7) is 1.99. The van der Waals surface area contributed by atoms with Crippen LogP contribution in [-0.2, 0) is 0 Å². The Balaban J connectivity index is 2.80. The summed E-state index contributed by atoms with van der Waals surface area (Å²) in [5.41, 5.74) is 2.24. The molecule has 0 saturated heterocycles. The molecule has 90 valence electrons. The van der Waals surface area contributed by atoms with E-state index in [2.05, 4.69) is 36.3 Å². The van der Waals surface area contributed by atoms with Gasteiger partial charge in [-0.2, -0.15) is 0 Å². The van der Waals surface area contributed by atoms with Crippen molar-refractivity contribution < 1.29 is 0 Å². The van der Waals surface area contributed by atoms with E-state index in [0.29, 0.717) is 0 Å². The van der Waals surface area contributed by atoms with Crippen molar-refractivity contribution in [2.75, 3.05) is 51.5 Å². The summed E-state index contributed by atoms with van der Waals surface area (Å²) in [4.78, 5) is 4.37. The zero-order chi connectivity index (χ0) is 12.1. The molecule has 0 saturated carbocycles. The summed E-state index contributed by atoms with van der Waals surface area (Å²) >= 11 is 6.02. The summed E-state index contributed by atoms with van der Waals surface area (Å²) in [5, 5.41) is 3.95. The Morgan fingerprint density at radius 3 is 2.44 bits per heavy atom. The second kappa shape index (κ2) is 5.97. The number of nitrogens with one attached hydrogen (secondary N) is 1. The van der Waals surface area contributed by atoms with Crippen LogP contribution in [0.2, 0.25) is 5.02 Å². The first kappa shape index (κ1) is 13.1. The number of anilines is 2. The normalized spacial score (nSPS) is 10.6. The van der Waals surface area contributed by atoms with Gasteiger partial charge in [0.2, 0.25) is 0 Å². The summed E-state index contributed by atoms with van der Waals surface area (Å²) in [5.74, 6) is 0. The lowest BCUT2D eigenvalue weighted by Gasteiger charge is -2.24. The van der Waals surface area contributed by atoms with Gasteiger partial charge in [0.25, 0.3) is 0 Å². The zero-order valence-corrected chi connectivity index (χ0v) is 11.2. The smallest absolute Gasteiger partial charge is 0.0614 e. The van der Waals surface area contributed by atoms with Gasteiger partial charge in [0.05, 0.1) is 11.4 Å². The molecule has 3 nitrogen and oxygen atoms in total. The maximum atomic E-state index is 6.02. The summed E-state index contributed by atoms with van der Waals surface area (Å²) in [6.07, 6.45) is 0. The van der Waals surface area contributed by atoms with E-state index in [1.54, 1.807) is 0 Å². The number of benzene rings is 1. The number of nitrogens with zero attached hydrogens (tertiary/aromatic N) is 2. The zero-order valence-electron chi connectivity index (χ0n) is 10.4. The van der Waals surface area contributed by atoms with Crippen LogP contribution in [0.1, 0.15) is 0 Å². The van der Waals surface area contributed by atoms with E-state index in [-0.39, 0.29) is 0 Å². The molecule has 1 rings (SSSR count). The first-order valence-electron chi connectivity index (χ1n) is 5.37. The second-order valence-electron chi connectivity index (χ2n) is 4.14. The molecule has 1 aromatic rings. The van der Waals surface area contributed by atoms with E-state index >= 15 is 0 Å². The molecule has 0 radical (unpaired) electrons. The molecule has 0 spiro atoms. The SMILES string of the molecule is CNc1ccc(Cl)cc1N(C)CCN(C)C. The standard InChI is InChI=1S/C12H20ClN3/c1-14-11-6-5-10(13)9-12(11)16(4)8-7-15(2)3/h5-6,9,14H,7-8H2,1-4H3. The fourth-order valence-corrected chi connectivity index (χ4v) is 1.67. The lowest BCUT2D eigenvalue weighted by molar-refractivity contribution is 0.416. The van der Waals surface area contributed by atoms with Crippen molar-refractivity contribution in [3.63, 3.8) is 0 Å². The van der Waals surface area contributed by atoms with Crippen molar-refractivity contribution >= 4 is 23.0 Å². The highest BCUT2D eigenvalue weighted by Gasteiger charge is 2.07. The third-order valence-electron chi connectivity index (χ3n) is 2.52. The van der Waals surface area contributed by atoms with E-state index in [1.807, 2.05) is 25.2 Å². The van der Waals surface area contributed by atoms with Gasteiger partial charge in [-0.05, 0) is 32.3 Å². The molecule has 0 amide bonds. The summed E-state index contributed by atoms with van der Waals surface area (Å²) in [7, 11) is 8.15. The van der Waals surface area contributed by atoms with Crippen LogP contribution in [0.15, 0.2) is 18.2 Å². The molecule has 0 atom stereocenters. The lowest BCUT2D eigenvalue weighted by Crippen LogP contribution is -2.28. The molecule has 0 fully saturated rings. The van der Waals surface area contributed by atoms with Crippen LogP contribution in [0.3, 0.4) is 0 Å². The maximum absolute atomic E-state index is 6.02. The van der Waals surface area contributed by atoms with E-state index in [4.69, 9.17) is 11.6 Å². The lowest BCUT2D eigenvalue weighted by atomic mass is 10.2. The number of hydrogen-bond acceptors (Lipinski definition) is 3. The third kappa shape index (κ3) is 3.58. The van der Waals surface area contributed by atoms with Gasteiger partial charge < -0.3 is 15.1 Å². The van der Waals surface area contributed by atoms with Crippen LogP contribution >= 0.6 is 11.6 Å². The van der Waals surface area contributed by atoms with Crippen LogP contribution in [-0.4, -0.2) is 46.2 Å². The average molecular weight is 242 g/mol. The minimum atomic E-state index is 0.769. The average Bonchev–Trinajstić information content (AvgIpc) is 2.25. The molecule has 0 aliphatic carbocycles. The topological polar surface area (TPSA) is 18.5 Å². The van der Waals surface area contributed by atoms with Crippen molar-refractivity contribution in [3.8, 4) is 0 Å². The molecule has 0 unspecified atom stereocenters. The van der Waals surface area contributed by atoms with Crippen molar-refractivity contribution in [2.24, 2.45) is 0 Å². The molecule has 1 N–H and O–H groups in total. The van der Waals surface area contributed by atoms with Crippen molar-refractivity contribution in [1.82, 2.24) is 4.90 Å². The summed E-state index contributed by atoms with van der Waals surface area (Å²) in [6, 6.07) is 5.89. The Hall–Kier alpha value is -0.930. The van der Waals surface area contributed by atoms with Gasteiger partial charge in [-0.1, -0.05) is 11.6 Å². The van der Waals surface area contributed by atoms with Crippen LogP contribution in [0.4, 0.5) is 11.4 Å². The molecule has 1 aromatic carbocycles. The number of hydrogen-bond donors (Lipinski definition) is 1. The third-order valence-corrected chi connectivity index (χ3v) is 2.76. The Morgan fingerprint density at radius 2 is 1.88 bits per heavy atom. The molecule has 4 heteroatoms. The largest absolute Gasteiger partial charge is 0.386 e. The number of rotatable bonds is 5. The Morgan fingerprint density at radius 1 is 1.19 bits per heavy atom. The molecule has 0 heterocycles. The van der Waals surface area contributed by atoms with Gasteiger partial charge in [0, 0.05) is 32.2 Å². The minimum absolute atomic E-state index is 0.769. The van der Waals surface area contributed by atoms with E-state index in [0.717, 1.165) is 29.5 Å². The fraction of sp³-hybridized carbons (Fsp3) is 0.500. The van der Waals surface area contributed by atoms with E-state index in [9.17, 15) is 0 Å². The minimum Gasteiger partial charge on any atom is -0.386 e. The van der Waals surface area contributed by atoms with Gasteiger partial charge in [-0.25, -0.2) is 0 Å². The van der Waals surface area contributed by atoms with Gasteiger partial charge in [0.1, 0.15) is 0 Å². The van der Waals surface area contributed by atoms with Crippen molar-refractivity contribution in [1.29, 1.82) is 0 Å². The summed E-state index contributed by atoms with van der Waals surface area (Å²) < 4.78 is 0. The monoisotopic (exact) mass is 241 g/mol. The van der Waals surface area contributed by atoms with Gasteiger partial charge >= 0.3 is 0 Å². The maximum Gasteiger partial charge on any atom is 0.0614 e. The highest BCUT2D eigenvalue weighted by Crippen LogP contribution is 2.27. The Labute approximate surface area is 103 Å². The highest BCUT2D eigenvalue weighted by atomic mass is 35.5. The Kier molecular flexibility index (Phi) is 4.90. The van der Waals surface area contributed by atoms with Crippen molar-refractivity contribution in [2.45, 2.75) is 0 Å². The van der Waals surface area contributed by atoms with Gasteiger partial charge in [-0.3, -0.25) is 0 Å².